The molecule has 2 aromatic rings. The molecule has 7 heteroatoms. The number of aliphatic hydroxyl groups is 1. The van der Waals surface area contributed by atoms with E-state index < -0.39 is 15.9 Å². The second kappa shape index (κ2) is 9.47. The highest BCUT2D eigenvalue weighted by atomic mass is 35.6. The predicted octanol–water partition coefficient (Wildman–Crippen LogP) is 4.95. The van der Waals surface area contributed by atoms with Gasteiger partial charge in [0.05, 0.1) is 6.61 Å². The summed E-state index contributed by atoms with van der Waals surface area (Å²) in [6.07, 6.45) is 0.523. The number of hydrogen-bond donors (Lipinski definition) is 2. The molecular weight excluding hydrogens is 397 g/mol. The highest BCUT2D eigenvalue weighted by Crippen LogP contribution is 2.29. The standard InChI is InChI=1S/C19H20Cl3NO3/c1-2-3-12-26-16-10-8-14(9-11-16)13-4-6-15(7-5-13)17(24)23-18(25)19(20,21)22/h4-11,18,25H,2-3,12H2,1H3,(H,23,24). The molecule has 2 rings (SSSR count). The molecule has 0 spiro atoms. The number of halogens is 3. The van der Waals surface area contributed by atoms with Crippen molar-refractivity contribution < 1.29 is 14.6 Å². The van der Waals surface area contributed by atoms with Crippen LogP contribution in [-0.4, -0.2) is 27.6 Å². The number of unbranched alkanes of at least 4 members (excludes halogenated alkanes) is 1. The SMILES string of the molecule is CCCCOc1ccc(-c2ccc(C(=O)NC(O)C(Cl)(Cl)Cl)cc2)cc1. The smallest absolute Gasteiger partial charge is 0.253 e. The number of rotatable bonds is 7. The number of carbonyl (C=O) groups is 1. The molecule has 1 amide bonds. The normalized spacial score (nSPS) is 12.5. The molecule has 0 bridgehead atoms. The van der Waals surface area contributed by atoms with Crippen LogP contribution in [0.5, 0.6) is 5.75 Å². The minimum absolute atomic E-state index is 0.349. The van der Waals surface area contributed by atoms with E-state index in [1.54, 1.807) is 12.1 Å². The van der Waals surface area contributed by atoms with Crippen LogP contribution >= 0.6 is 34.8 Å². The fourth-order valence-electron chi connectivity index (χ4n) is 2.18. The largest absolute Gasteiger partial charge is 0.494 e. The van der Waals surface area contributed by atoms with Crippen molar-refractivity contribution in [1.29, 1.82) is 0 Å². The van der Waals surface area contributed by atoms with E-state index >= 15 is 0 Å². The van der Waals surface area contributed by atoms with Crippen LogP contribution in [0.25, 0.3) is 11.1 Å². The van der Waals surface area contributed by atoms with E-state index in [9.17, 15) is 9.90 Å². The number of benzene rings is 2. The molecule has 0 radical (unpaired) electrons. The van der Waals surface area contributed by atoms with Crippen molar-refractivity contribution in [1.82, 2.24) is 5.32 Å². The lowest BCUT2D eigenvalue weighted by atomic mass is 10.0. The van der Waals surface area contributed by atoms with Gasteiger partial charge in [-0.25, -0.2) is 0 Å². The van der Waals surface area contributed by atoms with Gasteiger partial charge in [-0.2, -0.15) is 0 Å². The molecule has 0 aromatic heterocycles. The first-order valence-corrected chi connectivity index (χ1v) is 9.33. The molecule has 1 atom stereocenters. The summed E-state index contributed by atoms with van der Waals surface area (Å²) < 4.78 is 3.65. The van der Waals surface area contributed by atoms with Gasteiger partial charge in [0.1, 0.15) is 5.75 Å². The van der Waals surface area contributed by atoms with Crippen LogP contribution < -0.4 is 10.1 Å². The van der Waals surface area contributed by atoms with Gasteiger partial charge in [0.15, 0.2) is 6.23 Å². The van der Waals surface area contributed by atoms with Gasteiger partial charge in [-0.3, -0.25) is 4.79 Å². The topological polar surface area (TPSA) is 58.6 Å². The van der Waals surface area contributed by atoms with Gasteiger partial charge in [-0.05, 0) is 41.8 Å². The van der Waals surface area contributed by atoms with Crippen molar-refractivity contribution in [3.8, 4) is 16.9 Å². The minimum atomic E-state index is -1.99. The average Bonchev–Trinajstić information content (AvgIpc) is 2.62. The molecule has 2 aromatic carbocycles. The van der Waals surface area contributed by atoms with Crippen molar-refractivity contribution in [2.45, 2.75) is 29.8 Å². The monoisotopic (exact) mass is 415 g/mol. The maximum Gasteiger partial charge on any atom is 0.253 e. The van der Waals surface area contributed by atoms with Gasteiger partial charge in [-0.15, -0.1) is 0 Å². The highest BCUT2D eigenvalue weighted by Gasteiger charge is 2.32. The quantitative estimate of drug-likeness (QED) is 0.381. The van der Waals surface area contributed by atoms with Crippen molar-refractivity contribution in [3.63, 3.8) is 0 Å². The first-order chi connectivity index (χ1) is 12.3. The lowest BCUT2D eigenvalue weighted by Gasteiger charge is -2.19. The summed E-state index contributed by atoms with van der Waals surface area (Å²) in [4.78, 5) is 12.1. The number of carbonyl (C=O) groups excluding carboxylic acids is 1. The molecule has 0 aliphatic heterocycles. The second-order valence-corrected chi connectivity index (χ2v) is 8.09. The summed E-state index contributed by atoms with van der Waals surface area (Å²) in [5, 5.41) is 11.8. The Hall–Kier alpha value is -1.46. The Balaban J connectivity index is 2.01. The number of alkyl halides is 3. The first-order valence-electron chi connectivity index (χ1n) is 8.20. The third-order valence-corrected chi connectivity index (χ3v) is 4.30. The molecule has 0 fully saturated rings. The van der Waals surface area contributed by atoms with Crippen molar-refractivity contribution in [2.75, 3.05) is 6.61 Å². The van der Waals surface area contributed by atoms with Crippen LogP contribution in [0.4, 0.5) is 0 Å². The molecule has 0 heterocycles. The van der Waals surface area contributed by atoms with E-state index in [1.165, 1.54) is 0 Å². The Morgan fingerprint density at radius 2 is 1.62 bits per heavy atom. The molecule has 26 heavy (non-hydrogen) atoms. The molecule has 0 aliphatic carbocycles. The van der Waals surface area contributed by atoms with Gasteiger partial charge < -0.3 is 15.2 Å². The van der Waals surface area contributed by atoms with Crippen LogP contribution in [0.1, 0.15) is 30.1 Å². The van der Waals surface area contributed by atoms with E-state index in [0.29, 0.717) is 12.2 Å². The molecule has 1 unspecified atom stereocenters. The Bertz CT molecular complexity index is 712. The second-order valence-electron chi connectivity index (χ2n) is 5.72. The van der Waals surface area contributed by atoms with Gasteiger partial charge in [-0.1, -0.05) is 72.4 Å². The molecule has 0 saturated carbocycles. The molecule has 2 N–H and O–H groups in total. The Labute approximate surface area is 168 Å². The Morgan fingerprint density at radius 1 is 1.08 bits per heavy atom. The highest BCUT2D eigenvalue weighted by molar-refractivity contribution is 6.68. The first kappa shape index (κ1) is 20.8. The summed E-state index contributed by atoms with van der Waals surface area (Å²) in [6.45, 7) is 2.83. The molecule has 4 nitrogen and oxygen atoms in total. The summed E-state index contributed by atoms with van der Waals surface area (Å²) >= 11 is 16.6. The number of nitrogens with one attached hydrogen (secondary N) is 1. The zero-order chi connectivity index (χ0) is 19.2. The van der Waals surface area contributed by atoms with Crippen molar-refractivity contribution >= 4 is 40.7 Å². The summed E-state index contributed by atoms with van der Waals surface area (Å²) in [5.74, 6) is 0.300. The average molecular weight is 417 g/mol. The van der Waals surface area contributed by atoms with E-state index in [2.05, 4.69) is 12.2 Å². The van der Waals surface area contributed by atoms with Gasteiger partial charge in [0.2, 0.25) is 3.79 Å². The summed E-state index contributed by atoms with van der Waals surface area (Å²) in [5.41, 5.74) is 2.30. The van der Waals surface area contributed by atoms with Crippen LogP contribution in [-0.2, 0) is 0 Å². The fourth-order valence-corrected chi connectivity index (χ4v) is 2.35. The van der Waals surface area contributed by atoms with E-state index in [-0.39, 0.29) is 0 Å². The van der Waals surface area contributed by atoms with E-state index in [0.717, 1.165) is 29.7 Å². The van der Waals surface area contributed by atoms with Crippen molar-refractivity contribution in [2.24, 2.45) is 0 Å². The van der Waals surface area contributed by atoms with Crippen LogP contribution in [0, 0.1) is 0 Å². The number of hydrogen-bond acceptors (Lipinski definition) is 3. The zero-order valence-corrected chi connectivity index (χ0v) is 16.5. The Morgan fingerprint density at radius 3 is 2.12 bits per heavy atom. The van der Waals surface area contributed by atoms with Crippen molar-refractivity contribution in [3.05, 3.63) is 54.1 Å². The van der Waals surface area contributed by atoms with Gasteiger partial charge in [0, 0.05) is 5.56 Å². The fraction of sp³-hybridized carbons (Fsp3) is 0.316. The zero-order valence-electron chi connectivity index (χ0n) is 14.2. The maximum atomic E-state index is 12.1. The molecular formula is C19H20Cl3NO3. The lowest BCUT2D eigenvalue weighted by Crippen LogP contribution is -2.43. The molecule has 140 valence electrons. The number of amides is 1. The molecule has 0 saturated heterocycles. The van der Waals surface area contributed by atoms with Crippen LogP contribution in [0.3, 0.4) is 0 Å². The van der Waals surface area contributed by atoms with Gasteiger partial charge >= 0.3 is 0 Å². The third-order valence-electron chi connectivity index (χ3n) is 3.68. The number of ether oxygens (including phenoxy) is 1. The van der Waals surface area contributed by atoms with Crippen LogP contribution in [0.15, 0.2) is 48.5 Å². The minimum Gasteiger partial charge on any atom is -0.494 e. The third kappa shape index (κ3) is 6.06. The van der Waals surface area contributed by atoms with E-state index in [1.807, 2.05) is 36.4 Å². The predicted molar refractivity (Wildman–Crippen MR) is 106 cm³/mol. The van der Waals surface area contributed by atoms with Crippen LogP contribution in [0.2, 0.25) is 0 Å². The molecule has 0 aliphatic rings. The maximum absolute atomic E-state index is 12.1. The Kier molecular flexibility index (Phi) is 7.59. The lowest BCUT2D eigenvalue weighted by molar-refractivity contribution is 0.0792. The summed E-state index contributed by atoms with van der Waals surface area (Å²) in [6, 6.07) is 14.7. The number of aliphatic hydroxyl groups excluding tert-OH is 1. The summed E-state index contributed by atoms with van der Waals surface area (Å²) in [7, 11) is 0. The van der Waals surface area contributed by atoms with E-state index in [4.69, 9.17) is 39.5 Å². The van der Waals surface area contributed by atoms with Gasteiger partial charge in [0.25, 0.3) is 5.91 Å².